The van der Waals surface area contributed by atoms with Crippen LogP contribution in [0.15, 0.2) is 78.9 Å². The minimum absolute atomic E-state index is 0.158. The first-order valence-corrected chi connectivity index (χ1v) is 8.84. The van der Waals surface area contributed by atoms with Crippen LogP contribution in [0.4, 0.5) is 0 Å². The minimum atomic E-state index is -0.541. The largest absolute Gasteiger partial charge is 0.460 e. The number of Topliss-reactive ketones (excluding diaryl/α,β-unsaturated/α-hetero) is 1. The van der Waals surface area contributed by atoms with Gasteiger partial charge in [0.1, 0.15) is 18.5 Å². The van der Waals surface area contributed by atoms with E-state index in [1.54, 1.807) is 28.9 Å². The monoisotopic (exact) mass is 371 g/mol. The minimum Gasteiger partial charge on any atom is -0.460 e. The van der Waals surface area contributed by atoms with Gasteiger partial charge in [0.05, 0.1) is 11.2 Å². The molecule has 0 saturated heterocycles. The van der Waals surface area contributed by atoms with Crippen molar-refractivity contribution in [1.29, 1.82) is 0 Å². The van der Waals surface area contributed by atoms with E-state index in [1.807, 2.05) is 54.6 Å². The lowest BCUT2D eigenvalue weighted by atomic mass is 10.1. The van der Waals surface area contributed by atoms with Crippen molar-refractivity contribution in [3.63, 3.8) is 0 Å². The third-order valence-electron chi connectivity index (χ3n) is 4.33. The molecule has 4 aromatic rings. The summed E-state index contributed by atoms with van der Waals surface area (Å²) in [6, 6.07) is 23.9. The molecule has 28 heavy (non-hydrogen) atoms. The second-order valence-electron chi connectivity index (χ2n) is 6.28. The number of hydrogen-bond donors (Lipinski definition) is 0. The van der Waals surface area contributed by atoms with Gasteiger partial charge in [-0.1, -0.05) is 47.7 Å². The Bertz CT molecular complexity index is 1120. The lowest BCUT2D eigenvalue weighted by Crippen LogP contribution is -2.11. The number of para-hydroxylation sites is 1. The average Bonchev–Trinajstić information content (AvgIpc) is 3.17. The third-order valence-corrected chi connectivity index (χ3v) is 4.33. The van der Waals surface area contributed by atoms with Gasteiger partial charge in [0.2, 0.25) is 0 Å². The number of esters is 1. The third kappa shape index (κ3) is 3.81. The Morgan fingerprint density at radius 1 is 0.857 bits per heavy atom. The van der Waals surface area contributed by atoms with E-state index in [4.69, 9.17) is 4.74 Å². The molecule has 0 radical (unpaired) electrons. The van der Waals surface area contributed by atoms with Gasteiger partial charge in [-0.3, -0.25) is 9.59 Å². The maximum absolute atomic E-state index is 12.3. The van der Waals surface area contributed by atoms with Gasteiger partial charge < -0.3 is 4.74 Å². The fraction of sp³-hybridized carbons (Fsp3) is 0.0909. The molecule has 1 heterocycles. The van der Waals surface area contributed by atoms with Gasteiger partial charge in [-0.25, -0.2) is 4.68 Å². The molecule has 0 spiro atoms. The summed E-state index contributed by atoms with van der Waals surface area (Å²) in [5.41, 5.74) is 3.80. The van der Waals surface area contributed by atoms with E-state index in [0.717, 1.165) is 22.3 Å². The van der Waals surface area contributed by atoms with Crippen molar-refractivity contribution >= 4 is 22.8 Å². The molecule has 0 bridgehead atoms. The maximum Gasteiger partial charge on any atom is 0.314 e. The van der Waals surface area contributed by atoms with Crippen LogP contribution < -0.4 is 0 Å². The quantitative estimate of drug-likeness (QED) is 0.293. The van der Waals surface area contributed by atoms with E-state index in [9.17, 15) is 9.59 Å². The molecule has 138 valence electrons. The Balaban J connectivity index is 1.40. The van der Waals surface area contributed by atoms with Crippen LogP contribution in [0, 0.1) is 0 Å². The highest BCUT2D eigenvalue weighted by Gasteiger charge is 2.14. The number of carbonyl (C=O) groups is 2. The molecule has 0 aliphatic rings. The molecule has 0 fully saturated rings. The summed E-state index contributed by atoms with van der Waals surface area (Å²) >= 11 is 0. The molecule has 4 rings (SSSR count). The molecule has 6 nitrogen and oxygen atoms in total. The van der Waals surface area contributed by atoms with Gasteiger partial charge >= 0.3 is 5.97 Å². The van der Waals surface area contributed by atoms with Crippen LogP contribution in [0.1, 0.15) is 22.3 Å². The summed E-state index contributed by atoms with van der Waals surface area (Å²) in [6.07, 6.45) is -0.293. The fourth-order valence-corrected chi connectivity index (χ4v) is 2.87. The Kier molecular flexibility index (Phi) is 4.93. The highest BCUT2D eigenvalue weighted by Crippen LogP contribution is 2.17. The Labute approximate surface area is 161 Å². The van der Waals surface area contributed by atoms with Crippen LogP contribution >= 0.6 is 0 Å². The Hall–Kier alpha value is -3.80. The summed E-state index contributed by atoms with van der Waals surface area (Å²) < 4.78 is 6.87. The Morgan fingerprint density at radius 2 is 1.57 bits per heavy atom. The van der Waals surface area contributed by atoms with Crippen LogP contribution in [0.5, 0.6) is 0 Å². The second kappa shape index (κ2) is 7.84. The number of carbonyl (C=O) groups excluding carboxylic acids is 2. The van der Waals surface area contributed by atoms with Gasteiger partial charge in [0.15, 0.2) is 5.78 Å². The van der Waals surface area contributed by atoms with E-state index in [-0.39, 0.29) is 18.8 Å². The van der Waals surface area contributed by atoms with Crippen molar-refractivity contribution in [2.24, 2.45) is 0 Å². The SMILES string of the molecule is O=C(CC(=O)c1ccc(-n2nnc3ccccc32)cc1)OCc1ccccc1. The molecule has 6 heteroatoms. The van der Waals surface area contributed by atoms with Gasteiger partial charge in [-0.2, -0.15) is 0 Å². The van der Waals surface area contributed by atoms with Crippen LogP contribution in [0.25, 0.3) is 16.7 Å². The summed E-state index contributed by atoms with van der Waals surface area (Å²) in [7, 11) is 0. The zero-order valence-corrected chi connectivity index (χ0v) is 15.0. The fourth-order valence-electron chi connectivity index (χ4n) is 2.87. The van der Waals surface area contributed by atoms with Gasteiger partial charge in [-0.15, -0.1) is 5.10 Å². The first kappa shape index (κ1) is 17.6. The highest BCUT2D eigenvalue weighted by molar-refractivity contribution is 6.06. The number of nitrogens with zero attached hydrogens (tertiary/aromatic N) is 3. The van der Waals surface area contributed by atoms with Crippen molar-refractivity contribution in [2.45, 2.75) is 13.0 Å². The molecule has 0 aliphatic carbocycles. The van der Waals surface area contributed by atoms with Crippen LogP contribution in [0.2, 0.25) is 0 Å². The lowest BCUT2D eigenvalue weighted by Gasteiger charge is -2.06. The van der Waals surface area contributed by atoms with Crippen molar-refractivity contribution in [3.05, 3.63) is 90.0 Å². The molecular formula is C22H17N3O3. The number of hydrogen-bond acceptors (Lipinski definition) is 5. The molecule has 0 saturated carbocycles. The van der Waals surface area contributed by atoms with Crippen LogP contribution in [-0.2, 0) is 16.1 Å². The van der Waals surface area contributed by atoms with Crippen molar-refractivity contribution < 1.29 is 14.3 Å². The zero-order chi connectivity index (χ0) is 19.3. The molecule has 0 aliphatic heterocycles. The molecule has 1 aromatic heterocycles. The maximum atomic E-state index is 12.3. The number of ether oxygens (including phenoxy) is 1. The average molecular weight is 371 g/mol. The molecule has 3 aromatic carbocycles. The summed E-state index contributed by atoms with van der Waals surface area (Å²) in [5.74, 6) is -0.826. The van der Waals surface area contributed by atoms with Gasteiger partial charge in [0, 0.05) is 5.56 Å². The van der Waals surface area contributed by atoms with Crippen molar-refractivity contribution in [2.75, 3.05) is 0 Å². The number of rotatable bonds is 6. The standard InChI is InChI=1S/C22H17N3O3/c26-21(14-22(27)28-15-16-6-2-1-3-7-16)17-10-12-18(13-11-17)25-20-9-5-4-8-19(20)23-24-25/h1-13H,14-15H2. The summed E-state index contributed by atoms with van der Waals surface area (Å²) in [4.78, 5) is 24.3. The number of ketones is 1. The molecular weight excluding hydrogens is 354 g/mol. The highest BCUT2D eigenvalue weighted by atomic mass is 16.5. The predicted octanol–water partition coefficient (Wildman–Crippen LogP) is 3.74. The Morgan fingerprint density at radius 3 is 2.36 bits per heavy atom. The molecule has 0 N–H and O–H groups in total. The van der Waals surface area contributed by atoms with E-state index >= 15 is 0 Å². The second-order valence-corrected chi connectivity index (χ2v) is 6.28. The topological polar surface area (TPSA) is 74.1 Å². The van der Waals surface area contributed by atoms with Crippen LogP contribution in [0.3, 0.4) is 0 Å². The molecule has 0 unspecified atom stereocenters. The van der Waals surface area contributed by atoms with E-state index in [1.165, 1.54) is 0 Å². The van der Waals surface area contributed by atoms with Crippen LogP contribution in [-0.4, -0.2) is 26.7 Å². The zero-order valence-electron chi connectivity index (χ0n) is 15.0. The van der Waals surface area contributed by atoms with Gasteiger partial charge in [-0.05, 0) is 42.0 Å². The first-order valence-electron chi connectivity index (χ1n) is 8.84. The smallest absolute Gasteiger partial charge is 0.314 e. The van der Waals surface area contributed by atoms with Crippen molar-refractivity contribution in [3.8, 4) is 5.69 Å². The van der Waals surface area contributed by atoms with E-state index in [0.29, 0.717) is 5.56 Å². The normalized spacial score (nSPS) is 10.7. The lowest BCUT2D eigenvalue weighted by molar-refractivity contribution is -0.143. The first-order chi connectivity index (χ1) is 13.7. The van der Waals surface area contributed by atoms with E-state index < -0.39 is 5.97 Å². The van der Waals surface area contributed by atoms with E-state index in [2.05, 4.69) is 10.3 Å². The number of fused-ring (bicyclic) bond motifs is 1. The number of aromatic nitrogens is 3. The number of benzene rings is 3. The molecule has 0 amide bonds. The summed E-state index contributed by atoms with van der Waals surface area (Å²) in [5, 5.41) is 8.27. The van der Waals surface area contributed by atoms with Gasteiger partial charge in [0.25, 0.3) is 0 Å². The predicted molar refractivity (Wildman–Crippen MR) is 104 cm³/mol. The molecule has 0 atom stereocenters. The van der Waals surface area contributed by atoms with Crippen molar-refractivity contribution in [1.82, 2.24) is 15.0 Å². The summed E-state index contributed by atoms with van der Waals surface area (Å²) in [6.45, 7) is 0.158.